The van der Waals surface area contributed by atoms with Crippen molar-refractivity contribution in [3.63, 3.8) is 0 Å². The quantitative estimate of drug-likeness (QED) is 0.506. The third kappa shape index (κ3) is 0.356. The molecule has 2 atom stereocenters. The van der Waals surface area contributed by atoms with Crippen molar-refractivity contribution in [3.8, 4) is 0 Å². The van der Waals surface area contributed by atoms with Crippen molar-refractivity contribution in [2.24, 2.45) is 0 Å². The Hall–Kier alpha value is -0.0800. The summed E-state index contributed by atoms with van der Waals surface area (Å²) in [6, 6.07) is 0. The van der Waals surface area contributed by atoms with Crippen molar-refractivity contribution in [1.29, 1.82) is 0 Å². The maximum absolute atomic E-state index is 3.62. The van der Waals surface area contributed by atoms with E-state index in [1.807, 2.05) is 0 Å². The largest absolute Gasteiger partial charge is 0.283 e. The van der Waals surface area contributed by atoms with Crippen LogP contribution in [0.4, 0.5) is 0 Å². The lowest BCUT2D eigenvalue weighted by Gasteiger charge is -2.47. The molecule has 4 heterocycles. The molecule has 0 saturated carbocycles. The summed E-state index contributed by atoms with van der Waals surface area (Å²) in [5.74, 6) is 0. The van der Waals surface area contributed by atoms with Gasteiger partial charge in [-0.25, -0.2) is 0 Å². The third-order valence-electron chi connectivity index (χ3n) is 3.18. The molecular weight excluding hydrogens is 112 g/mol. The van der Waals surface area contributed by atoms with E-state index in [1.165, 1.54) is 32.2 Å². The monoisotopic (exact) mass is 124 g/mol. The normalized spacial score (nSPS) is 55.3. The molecule has 4 saturated heterocycles. The van der Waals surface area contributed by atoms with Crippen LogP contribution in [0.5, 0.6) is 0 Å². The molecule has 2 bridgehead atoms. The average Bonchev–Trinajstić information content (AvgIpc) is 2.37. The van der Waals surface area contributed by atoms with Crippen LogP contribution in [0.15, 0.2) is 0 Å². The van der Waals surface area contributed by atoms with Crippen LogP contribution >= 0.6 is 0 Å². The number of fused-ring (bicyclic) bond motifs is 1. The Bertz CT molecular complexity index is 147. The van der Waals surface area contributed by atoms with Gasteiger partial charge in [0, 0.05) is 6.54 Å². The molecule has 4 fully saturated rings. The van der Waals surface area contributed by atoms with Gasteiger partial charge >= 0.3 is 0 Å². The minimum atomic E-state index is 0.532. The zero-order valence-electron chi connectivity index (χ0n) is 5.56. The van der Waals surface area contributed by atoms with Crippen molar-refractivity contribution in [3.05, 3.63) is 0 Å². The summed E-state index contributed by atoms with van der Waals surface area (Å²) in [6.45, 7) is 1.36. The zero-order valence-corrected chi connectivity index (χ0v) is 5.56. The lowest BCUT2D eigenvalue weighted by atomic mass is 10.1. The standard InChI is InChI=1S/C7H12N2/c1-3-7-4-2-6(8-7)9(7)5-1/h6,8H,1-5H2. The predicted molar refractivity (Wildman–Crippen MR) is 34.8 cm³/mol. The Morgan fingerprint density at radius 1 is 1.44 bits per heavy atom. The van der Waals surface area contributed by atoms with E-state index >= 15 is 0 Å². The minimum Gasteiger partial charge on any atom is -0.283 e. The fourth-order valence-corrected chi connectivity index (χ4v) is 2.77. The lowest BCUT2D eigenvalue weighted by Crippen LogP contribution is -2.69. The molecule has 2 heteroatoms. The van der Waals surface area contributed by atoms with Crippen LogP contribution < -0.4 is 5.32 Å². The molecule has 4 rings (SSSR count). The molecule has 1 N–H and O–H groups in total. The summed E-state index contributed by atoms with van der Waals surface area (Å²) in [6.07, 6.45) is 6.43. The highest BCUT2D eigenvalue weighted by molar-refractivity contribution is 5.11. The van der Waals surface area contributed by atoms with E-state index in [2.05, 4.69) is 10.2 Å². The minimum absolute atomic E-state index is 0.532. The Morgan fingerprint density at radius 2 is 2.44 bits per heavy atom. The summed E-state index contributed by atoms with van der Waals surface area (Å²) >= 11 is 0. The Labute approximate surface area is 55.2 Å². The van der Waals surface area contributed by atoms with E-state index in [0.29, 0.717) is 5.66 Å². The summed E-state index contributed by atoms with van der Waals surface area (Å²) in [5, 5.41) is 3.62. The molecule has 4 aliphatic rings. The molecule has 0 aromatic heterocycles. The first-order valence-corrected chi connectivity index (χ1v) is 3.95. The van der Waals surface area contributed by atoms with Crippen LogP contribution in [-0.2, 0) is 0 Å². The van der Waals surface area contributed by atoms with Gasteiger partial charge in [0.1, 0.15) is 0 Å². The van der Waals surface area contributed by atoms with E-state index < -0.39 is 0 Å². The number of nitrogens with one attached hydrogen (secondary N) is 1. The first-order chi connectivity index (χ1) is 4.41. The number of hydrogen-bond acceptors (Lipinski definition) is 2. The maximum Gasteiger partial charge on any atom is 0.0738 e. The van der Waals surface area contributed by atoms with E-state index in [4.69, 9.17) is 0 Å². The van der Waals surface area contributed by atoms with E-state index in [-0.39, 0.29) is 0 Å². The van der Waals surface area contributed by atoms with E-state index in [1.54, 1.807) is 0 Å². The highest BCUT2D eigenvalue weighted by Crippen LogP contribution is 2.47. The highest BCUT2D eigenvalue weighted by Gasteiger charge is 2.58. The number of hydrogen-bond donors (Lipinski definition) is 1. The maximum atomic E-state index is 3.62. The summed E-state index contributed by atoms with van der Waals surface area (Å²) < 4.78 is 0. The van der Waals surface area contributed by atoms with Crippen molar-refractivity contribution >= 4 is 0 Å². The molecule has 1 spiro atoms. The van der Waals surface area contributed by atoms with Gasteiger partial charge in [0.25, 0.3) is 0 Å². The SMILES string of the molecule is C1CN2C3CCC2(C1)N3. The van der Waals surface area contributed by atoms with E-state index in [9.17, 15) is 0 Å². The molecule has 4 aliphatic heterocycles. The smallest absolute Gasteiger partial charge is 0.0738 e. The van der Waals surface area contributed by atoms with Crippen LogP contribution in [0.3, 0.4) is 0 Å². The van der Waals surface area contributed by atoms with Crippen LogP contribution in [0.25, 0.3) is 0 Å². The van der Waals surface area contributed by atoms with Crippen LogP contribution in [0.1, 0.15) is 25.7 Å². The molecular formula is C7H12N2. The van der Waals surface area contributed by atoms with Gasteiger partial charge < -0.3 is 0 Å². The summed E-state index contributed by atoms with van der Waals surface area (Å²) in [4.78, 5) is 2.65. The molecule has 0 aliphatic carbocycles. The van der Waals surface area contributed by atoms with Crippen LogP contribution in [-0.4, -0.2) is 23.3 Å². The molecule has 9 heavy (non-hydrogen) atoms. The molecule has 2 nitrogen and oxygen atoms in total. The second-order valence-corrected chi connectivity index (χ2v) is 3.53. The molecule has 0 aromatic carbocycles. The summed E-state index contributed by atoms with van der Waals surface area (Å²) in [7, 11) is 0. The Kier molecular flexibility index (Phi) is 0.616. The van der Waals surface area contributed by atoms with Gasteiger partial charge in [0.15, 0.2) is 0 Å². The Morgan fingerprint density at radius 3 is 3.22 bits per heavy atom. The van der Waals surface area contributed by atoms with E-state index in [0.717, 1.165) is 6.17 Å². The Balaban J connectivity index is 2.02. The van der Waals surface area contributed by atoms with Crippen molar-refractivity contribution in [2.45, 2.75) is 37.5 Å². The average molecular weight is 124 g/mol. The van der Waals surface area contributed by atoms with Gasteiger partial charge in [0.05, 0.1) is 11.8 Å². The zero-order chi connectivity index (χ0) is 5.90. The molecule has 0 radical (unpaired) electrons. The van der Waals surface area contributed by atoms with Gasteiger partial charge in [-0.3, -0.25) is 10.2 Å². The van der Waals surface area contributed by atoms with Gasteiger partial charge in [-0.1, -0.05) is 0 Å². The van der Waals surface area contributed by atoms with Gasteiger partial charge in [-0.15, -0.1) is 0 Å². The second kappa shape index (κ2) is 1.18. The molecule has 2 unspecified atom stereocenters. The topological polar surface area (TPSA) is 15.3 Å². The van der Waals surface area contributed by atoms with Gasteiger partial charge in [-0.05, 0) is 25.7 Å². The van der Waals surface area contributed by atoms with Gasteiger partial charge in [0.2, 0.25) is 0 Å². The van der Waals surface area contributed by atoms with Crippen LogP contribution in [0, 0.1) is 0 Å². The second-order valence-electron chi connectivity index (χ2n) is 3.53. The highest BCUT2D eigenvalue weighted by atomic mass is 15.5. The van der Waals surface area contributed by atoms with Crippen molar-refractivity contribution in [2.75, 3.05) is 6.54 Å². The predicted octanol–water partition coefficient (Wildman–Crippen LogP) is 0.502. The lowest BCUT2D eigenvalue weighted by molar-refractivity contribution is -0.0182. The fourth-order valence-electron chi connectivity index (χ4n) is 2.77. The first-order valence-electron chi connectivity index (χ1n) is 3.95. The number of nitrogens with zero attached hydrogens (tertiary/aromatic N) is 1. The number of rotatable bonds is 0. The molecule has 0 amide bonds. The first kappa shape index (κ1) is 4.69. The molecule has 0 aromatic rings. The summed E-state index contributed by atoms with van der Waals surface area (Å²) in [5.41, 5.74) is 0.532. The van der Waals surface area contributed by atoms with Crippen LogP contribution in [0.2, 0.25) is 0 Å². The third-order valence-corrected chi connectivity index (χ3v) is 3.18. The van der Waals surface area contributed by atoms with Crippen molar-refractivity contribution in [1.82, 2.24) is 10.2 Å². The van der Waals surface area contributed by atoms with Crippen molar-refractivity contribution < 1.29 is 0 Å². The fraction of sp³-hybridized carbons (Fsp3) is 1.00. The van der Waals surface area contributed by atoms with Gasteiger partial charge in [-0.2, -0.15) is 0 Å². The molecule has 50 valence electrons.